The van der Waals surface area contributed by atoms with Crippen molar-refractivity contribution in [3.8, 4) is 0 Å². The molecular formula is C30H46O2. The average Bonchev–Trinajstić information content (AvgIpc) is 2.79. The quantitative estimate of drug-likeness (QED) is 0.313. The molecule has 2 heteroatoms. The highest BCUT2D eigenvalue weighted by Crippen LogP contribution is 2.34. The predicted octanol–water partition coefficient (Wildman–Crippen LogP) is 7.92. The minimum absolute atomic E-state index is 0.181. The molecule has 0 radical (unpaired) electrons. The molecule has 2 nitrogen and oxygen atoms in total. The van der Waals surface area contributed by atoms with E-state index in [1.54, 1.807) is 0 Å². The normalized spacial score (nSPS) is 12.4. The van der Waals surface area contributed by atoms with E-state index in [0.29, 0.717) is 26.4 Å². The molecule has 2 aromatic carbocycles. The Kier molecular flexibility index (Phi) is 9.98. The van der Waals surface area contributed by atoms with Crippen molar-refractivity contribution >= 4 is 0 Å². The maximum absolute atomic E-state index is 5.92. The first-order chi connectivity index (χ1) is 15.2. The molecule has 0 aliphatic heterocycles. The summed E-state index contributed by atoms with van der Waals surface area (Å²) in [5.41, 5.74) is 8.76. The van der Waals surface area contributed by atoms with E-state index in [1.165, 1.54) is 46.2 Å². The first kappa shape index (κ1) is 26.6. The van der Waals surface area contributed by atoms with E-state index in [4.69, 9.17) is 9.47 Å². The molecule has 0 aromatic heterocycles. The van der Waals surface area contributed by atoms with Gasteiger partial charge in [0.2, 0.25) is 0 Å². The second-order valence-corrected chi connectivity index (χ2v) is 10.3. The van der Waals surface area contributed by atoms with E-state index in [2.05, 4.69) is 91.8 Å². The average molecular weight is 439 g/mol. The summed E-state index contributed by atoms with van der Waals surface area (Å²) >= 11 is 0. The summed E-state index contributed by atoms with van der Waals surface area (Å²) in [7, 11) is 0. The van der Waals surface area contributed by atoms with Crippen LogP contribution in [0, 0.1) is 0 Å². The molecule has 0 saturated heterocycles. The Balaban J connectivity index is 1.83. The highest BCUT2D eigenvalue weighted by atomic mass is 16.5. The van der Waals surface area contributed by atoms with Crippen molar-refractivity contribution in [1.29, 1.82) is 0 Å². The largest absolute Gasteiger partial charge is 0.374 e. The van der Waals surface area contributed by atoms with Crippen molar-refractivity contribution in [2.45, 2.75) is 105 Å². The maximum Gasteiger partial charge on any atom is 0.0718 e. The summed E-state index contributed by atoms with van der Waals surface area (Å²) in [5.74, 6) is 0. The highest BCUT2D eigenvalue weighted by molar-refractivity contribution is 5.38. The summed E-state index contributed by atoms with van der Waals surface area (Å²) in [6, 6.07) is 13.7. The van der Waals surface area contributed by atoms with Gasteiger partial charge < -0.3 is 9.47 Å². The number of hydrogen-bond donors (Lipinski definition) is 0. The van der Waals surface area contributed by atoms with Crippen LogP contribution >= 0.6 is 0 Å². The first-order valence-corrected chi connectivity index (χ1v) is 12.6. The maximum atomic E-state index is 5.92. The van der Waals surface area contributed by atoms with Gasteiger partial charge >= 0.3 is 0 Å². The fourth-order valence-electron chi connectivity index (χ4n) is 4.51. The Labute approximate surface area is 197 Å². The van der Waals surface area contributed by atoms with Crippen molar-refractivity contribution in [3.05, 3.63) is 69.8 Å². The molecule has 0 bridgehead atoms. The number of aryl methyl sites for hydroxylation is 2. The molecule has 2 aromatic rings. The van der Waals surface area contributed by atoms with Crippen LogP contribution < -0.4 is 0 Å². The summed E-state index contributed by atoms with van der Waals surface area (Å²) in [5, 5.41) is 0. The summed E-state index contributed by atoms with van der Waals surface area (Å²) in [6.07, 6.45) is 4.46. The zero-order chi connectivity index (χ0) is 23.8. The van der Waals surface area contributed by atoms with Gasteiger partial charge in [0, 0.05) is 0 Å². The van der Waals surface area contributed by atoms with Crippen LogP contribution in [0.4, 0.5) is 0 Å². The van der Waals surface area contributed by atoms with E-state index < -0.39 is 0 Å². The van der Waals surface area contributed by atoms with Gasteiger partial charge in [-0.15, -0.1) is 0 Å². The third kappa shape index (κ3) is 6.93. The Hall–Kier alpha value is -1.64. The van der Waals surface area contributed by atoms with Crippen molar-refractivity contribution in [2.24, 2.45) is 0 Å². The molecule has 0 unspecified atom stereocenters. The Morgan fingerprint density at radius 1 is 0.625 bits per heavy atom. The van der Waals surface area contributed by atoms with Crippen LogP contribution in [0.15, 0.2) is 36.4 Å². The lowest BCUT2D eigenvalue weighted by molar-refractivity contribution is 0.0338. The van der Waals surface area contributed by atoms with Crippen molar-refractivity contribution in [1.82, 2.24) is 0 Å². The molecule has 0 aliphatic rings. The van der Waals surface area contributed by atoms with Gasteiger partial charge in [-0.3, -0.25) is 0 Å². The summed E-state index contributed by atoms with van der Waals surface area (Å²) in [6.45, 7) is 20.8. The second-order valence-electron chi connectivity index (χ2n) is 10.3. The van der Waals surface area contributed by atoms with Gasteiger partial charge in [0.15, 0.2) is 0 Å². The molecule has 178 valence electrons. The van der Waals surface area contributed by atoms with Crippen molar-refractivity contribution in [3.63, 3.8) is 0 Å². The fraction of sp³-hybridized carbons (Fsp3) is 0.600. The van der Waals surface area contributed by atoms with Crippen molar-refractivity contribution < 1.29 is 9.47 Å². The molecule has 0 heterocycles. The molecule has 0 saturated carbocycles. The van der Waals surface area contributed by atoms with Gasteiger partial charge in [-0.05, 0) is 69.9 Å². The first-order valence-electron chi connectivity index (χ1n) is 12.6. The van der Waals surface area contributed by atoms with E-state index >= 15 is 0 Å². The standard InChI is InChI=1S/C30H46O2/c1-9-25-19-23(13-15-27(25)29(5,6)7)21-31-17-18-32-22-24-14-16-28(26(10-2)20-24)30(8,11-3)12-4/h13-16,19-20H,9-12,17-18,21-22H2,1-8H3. The topological polar surface area (TPSA) is 18.5 Å². The number of benzene rings is 2. The smallest absolute Gasteiger partial charge is 0.0718 e. The SMILES string of the molecule is CCc1cc(COCCOCc2ccc(C(C)(CC)CC)c(CC)c2)ccc1C(C)(C)C. The summed E-state index contributed by atoms with van der Waals surface area (Å²) in [4.78, 5) is 0. The molecule has 0 fully saturated rings. The van der Waals surface area contributed by atoms with Gasteiger partial charge in [0.05, 0.1) is 26.4 Å². The van der Waals surface area contributed by atoms with Gasteiger partial charge in [-0.1, -0.05) is 91.8 Å². The van der Waals surface area contributed by atoms with Crippen LogP contribution in [0.2, 0.25) is 0 Å². The molecular weight excluding hydrogens is 392 g/mol. The predicted molar refractivity (Wildman–Crippen MR) is 138 cm³/mol. The Morgan fingerprint density at radius 3 is 1.47 bits per heavy atom. The molecule has 2 rings (SSSR count). The third-order valence-corrected chi connectivity index (χ3v) is 7.03. The van der Waals surface area contributed by atoms with Crippen molar-refractivity contribution in [2.75, 3.05) is 13.2 Å². The fourth-order valence-corrected chi connectivity index (χ4v) is 4.51. The molecule has 0 N–H and O–H groups in total. The molecule has 0 atom stereocenters. The van der Waals surface area contributed by atoms with E-state index in [9.17, 15) is 0 Å². The lowest BCUT2D eigenvalue weighted by Crippen LogP contribution is -2.21. The minimum Gasteiger partial charge on any atom is -0.374 e. The van der Waals surface area contributed by atoms with Gasteiger partial charge in [0.1, 0.15) is 0 Å². The third-order valence-electron chi connectivity index (χ3n) is 7.03. The van der Waals surface area contributed by atoms with E-state index in [-0.39, 0.29) is 10.8 Å². The zero-order valence-electron chi connectivity index (χ0n) is 21.9. The Morgan fingerprint density at radius 2 is 1.06 bits per heavy atom. The highest BCUT2D eigenvalue weighted by Gasteiger charge is 2.24. The lowest BCUT2D eigenvalue weighted by Gasteiger charge is -2.30. The van der Waals surface area contributed by atoms with Crippen LogP contribution in [-0.2, 0) is 46.4 Å². The number of ether oxygens (including phenoxy) is 2. The number of rotatable bonds is 12. The Bertz CT molecular complexity index is 840. The molecule has 0 amide bonds. The monoisotopic (exact) mass is 438 g/mol. The van der Waals surface area contributed by atoms with Gasteiger partial charge in [-0.25, -0.2) is 0 Å². The summed E-state index contributed by atoms with van der Waals surface area (Å²) < 4.78 is 11.8. The van der Waals surface area contributed by atoms with Crippen LogP contribution in [0.25, 0.3) is 0 Å². The zero-order valence-corrected chi connectivity index (χ0v) is 21.9. The van der Waals surface area contributed by atoms with Crippen LogP contribution in [0.3, 0.4) is 0 Å². The van der Waals surface area contributed by atoms with Gasteiger partial charge in [0.25, 0.3) is 0 Å². The van der Waals surface area contributed by atoms with E-state index in [0.717, 1.165) is 12.8 Å². The number of hydrogen-bond acceptors (Lipinski definition) is 2. The minimum atomic E-state index is 0.181. The molecule has 32 heavy (non-hydrogen) atoms. The van der Waals surface area contributed by atoms with Crippen LogP contribution in [-0.4, -0.2) is 13.2 Å². The van der Waals surface area contributed by atoms with Crippen LogP contribution in [0.1, 0.15) is 102 Å². The van der Waals surface area contributed by atoms with Gasteiger partial charge in [-0.2, -0.15) is 0 Å². The van der Waals surface area contributed by atoms with E-state index in [1.807, 2.05) is 0 Å². The van der Waals surface area contributed by atoms with Crippen LogP contribution in [0.5, 0.6) is 0 Å². The molecule has 0 spiro atoms. The second kappa shape index (κ2) is 12.0. The lowest BCUT2D eigenvalue weighted by atomic mass is 9.75. The molecule has 0 aliphatic carbocycles.